The summed E-state index contributed by atoms with van der Waals surface area (Å²) in [6.45, 7) is 0. The van der Waals surface area contributed by atoms with Crippen molar-refractivity contribution in [3.05, 3.63) is 49.4 Å². The Hall–Kier alpha value is -0.710. The standard InChI is InChI=1S/C17H16ClNOS2/c18-11-5-3-8(4-6-11)12-13-9-1-2-10(7-9)14(13)21-16-15(12)22-17(20)19-16/h3-6,9-10,12-14H,1-2,7H2,(H,19,20)/t9-,10-,12+,13+,14-/m0/s1. The van der Waals surface area contributed by atoms with E-state index in [0.29, 0.717) is 17.1 Å². The zero-order valence-electron chi connectivity index (χ0n) is 11.9. The van der Waals surface area contributed by atoms with Gasteiger partial charge in [0, 0.05) is 21.1 Å². The summed E-state index contributed by atoms with van der Waals surface area (Å²) < 4.78 is 0. The number of thioether (sulfide) groups is 1. The molecule has 2 bridgehead atoms. The third-order valence-corrected chi connectivity index (χ3v) is 8.57. The van der Waals surface area contributed by atoms with Crippen LogP contribution < -0.4 is 4.87 Å². The van der Waals surface area contributed by atoms with Crippen LogP contribution in [0, 0.1) is 17.8 Å². The Labute approximate surface area is 142 Å². The van der Waals surface area contributed by atoms with E-state index in [1.54, 1.807) is 0 Å². The number of H-pyrrole nitrogens is 1. The van der Waals surface area contributed by atoms with Crippen LogP contribution in [-0.4, -0.2) is 10.2 Å². The second-order valence-electron chi connectivity index (χ2n) is 6.73. The van der Waals surface area contributed by atoms with Gasteiger partial charge in [0.2, 0.25) is 0 Å². The molecule has 0 spiro atoms. The molecule has 5 rings (SSSR count). The zero-order chi connectivity index (χ0) is 14.8. The summed E-state index contributed by atoms with van der Waals surface area (Å²) in [7, 11) is 0. The maximum Gasteiger partial charge on any atom is 0.305 e. The SMILES string of the molecule is O=c1[nH]c2c(s1)[C@H](c1ccc(Cl)cc1)[C@H]1[C@H]3CC[C@@H](C3)[C@@H]1S2. The van der Waals surface area contributed by atoms with Gasteiger partial charge < -0.3 is 4.98 Å². The van der Waals surface area contributed by atoms with Gasteiger partial charge in [-0.3, -0.25) is 4.79 Å². The predicted molar refractivity (Wildman–Crippen MR) is 92.2 cm³/mol. The second-order valence-corrected chi connectivity index (χ2v) is 9.37. The van der Waals surface area contributed by atoms with E-state index in [-0.39, 0.29) is 4.87 Å². The smallest absolute Gasteiger partial charge is 0.305 e. The third-order valence-electron chi connectivity index (χ3n) is 5.69. The minimum Gasteiger partial charge on any atom is -0.307 e. The molecule has 2 heterocycles. The maximum atomic E-state index is 11.9. The van der Waals surface area contributed by atoms with E-state index >= 15 is 0 Å². The minimum absolute atomic E-state index is 0.0868. The lowest BCUT2D eigenvalue weighted by Crippen LogP contribution is -2.33. The molecule has 2 fully saturated rings. The number of rotatable bonds is 1. The molecule has 2 aliphatic carbocycles. The van der Waals surface area contributed by atoms with Crippen LogP contribution in [0.3, 0.4) is 0 Å². The van der Waals surface area contributed by atoms with Crippen LogP contribution in [0.4, 0.5) is 0 Å². The second kappa shape index (κ2) is 4.89. The summed E-state index contributed by atoms with van der Waals surface area (Å²) in [5.74, 6) is 2.72. The molecular weight excluding hydrogens is 334 g/mol. The quantitative estimate of drug-likeness (QED) is 0.806. The van der Waals surface area contributed by atoms with Gasteiger partial charge in [-0.2, -0.15) is 0 Å². The lowest BCUT2D eigenvalue weighted by atomic mass is 9.75. The van der Waals surface area contributed by atoms with Crippen molar-refractivity contribution in [2.24, 2.45) is 17.8 Å². The van der Waals surface area contributed by atoms with E-state index in [1.807, 2.05) is 23.9 Å². The summed E-state index contributed by atoms with van der Waals surface area (Å²) in [6.07, 6.45) is 4.12. The molecule has 0 unspecified atom stereocenters. The fraction of sp³-hybridized carbons (Fsp3) is 0.471. The van der Waals surface area contributed by atoms with E-state index in [2.05, 4.69) is 17.1 Å². The lowest BCUT2D eigenvalue weighted by molar-refractivity contribution is 0.307. The Morgan fingerprint density at radius 1 is 1.14 bits per heavy atom. The summed E-state index contributed by atoms with van der Waals surface area (Å²) in [6, 6.07) is 8.27. The van der Waals surface area contributed by atoms with Gasteiger partial charge in [-0.05, 0) is 54.7 Å². The summed E-state index contributed by atoms with van der Waals surface area (Å²) in [5, 5.41) is 2.59. The molecule has 22 heavy (non-hydrogen) atoms. The average molecular weight is 350 g/mol. The number of benzene rings is 1. The van der Waals surface area contributed by atoms with Gasteiger partial charge in [0.05, 0.1) is 5.03 Å². The number of fused-ring (bicyclic) bond motifs is 6. The van der Waals surface area contributed by atoms with Crippen LogP contribution in [0.1, 0.15) is 35.6 Å². The van der Waals surface area contributed by atoms with Crippen LogP contribution in [0.15, 0.2) is 34.1 Å². The van der Waals surface area contributed by atoms with Crippen LogP contribution >= 0.6 is 34.7 Å². The molecule has 1 N–H and O–H groups in total. The van der Waals surface area contributed by atoms with Gasteiger partial charge in [0.25, 0.3) is 0 Å². The molecule has 2 saturated carbocycles. The van der Waals surface area contributed by atoms with E-state index in [0.717, 1.165) is 21.9 Å². The summed E-state index contributed by atoms with van der Waals surface area (Å²) >= 11 is 9.42. The number of nitrogens with one attached hydrogen (secondary N) is 1. The molecule has 3 aliphatic rings. The van der Waals surface area contributed by atoms with Crippen molar-refractivity contribution in [3.63, 3.8) is 0 Å². The molecule has 1 aromatic heterocycles. The lowest BCUT2D eigenvalue weighted by Gasteiger charge is -2.40. The van der Waals surface area contributed by atoms with Gasteiger partial charge >= 0.3 is 4.87 Å². The number of halogens is 1. The number of thiazole rings is 1. The first kappa shape index (κ1) is 13.7. The largest absolute Gasteiger partial charge is 0.307 e. The van der Waals surface area contributed by atoms with Crippen molar-refractivity contribution in [1.82, 2.24) is 4.98 Å². The first-order chi connectivity index (χ1) is 10.7. The fourth-order valence-corrected chi connectivity index (χ4v) is 7.91. The van der Waals surface area contributed by atoms with Crippen LogP contribution in [0.5, 0.6) is 0 Å². The number of hydrogen-bond acceptors (Lipinski definition) is 3. The highest BCUT2D eigenvalue weighted by molar-refractivity contribution is 8.00. The van der Waals surface area contributed by atoms with Crippen molar-refractivity contribution in [3.8, 4) is 0 Å². The minimum atomic E-state index is 0.0868. The monoisotopic (exact) mass is 349 g/mol. The summed E-state index contributed by atoms with van der Waals surface area (Å²) in [4.78, 5) is 16.3. The van der Waals surface area contributed by atoms with Crippen LogP contribution in [0.25, 0.3) is 0 Å². The molecule has 2 nitrogen and oxygen atoms in total. The topological polar surface area (TPSA) is 32.9 Å². The highest BCUT2D eigenvalue weighted by Crippen LogP contribution is 2.63. The van der Waals surface area contributed by atoms with Crippen molar-refractivity contribution >= 4 is 34.7 Å². The maximum absolute atomic E-state index is 11.9. The third kappa shape index (κ3) is 1.90. The zero-order valence-corrected chi connectivity index (χ0v) is 14.3. The predicted octanol–water partition coefficient (Wildman–Crippen LogP) is 4.74. The normalized spacial score (nSPS) is 35.4. The number of aromatic amines is 1. The Kier molecular flexibility index (Phi) is 3.05. The highest BCUT2D eigenvalue weighted by atomic mass is 35.5. The van der Waals surface area contributed by atoms with Crippen molar-refractivity contribution in [1.29, 1.82) is 0 Å². The Bertz CT molecular complexity index is 781. The van der Waals surface area contributed by atoms with Gasteiger partial charge in [-0.25, -0.2) is 0 Å². The van der Waals surface area contributed by atoms with Crippen molar-refractivity contribution < 1.29 is 0 Å². The van der Waals surface area contributed by atoms with Crippen molar-refractivity contribution in [2.75, 3.05) is 0 Å². The number of hydrogen-bond donors (Lipinski definition) is 1. The number of aromatic nitrogens is 1. The molecule has 114 valence electrons. The molecule has 1 aliphatic heterocycles. The van der Waals surface area contributed by atoms with Crippen molar-refractivity contribution in [2.45, 2.75) is 35.5 Å². The van der Waals surface area contributed by atoms with Gasteiger partial charge in [0.15, 0.2) is 0 Å². The van der Waals surface area contributed by atoms with E-state index < -0.39 is 0 Å². The highest BCUT2D eigenvalue weighted by Gasteiger charge is 2.54. The Balaban J connectivity index is 1.68. The molecule has 0 amide bonds. The van der Waals surface area contributed by atoms with Gasteiger partial charge in [0.1, 0.15) is 0 Å². The molecule has 1 aromatic carbocycles. The first-order valence-corrected chi connectivity index (χ1v) is 9.93. The van der Waals surface area contributed by atoms with E-state index in [9.17, 15) is 4.79 Å². The summed E-state index contributed by atoms with van der Waals surface area (Å²) in [5.41, 5.74) is 1.32. The molecule has 2 aromatic rings. The van der Waals surface area contributed by atoms with Crippen LogP contribution in [0.2, 0.25) is 5.02 Å². The molecule has 0 saturated heterocycles. The molecule has 5 heteroatoms. The van der Waals surface area contributed by atoms with Crippen LogP contribution in [-0.2, 0) is 0 Å². The fourth-order valence-electron chi connectivity index (χ4n) is 4.89. The first-order valence-electron chi connectivity index (χ1n) is 7.86. The molecular formula is C17H16ClNOS2. The van der Waals surface area contributed by atoms with Gasteiger partial charge in [-0.15, -0.1) is 11.8 Å². The molecule has 0 radical (unpaired) electrons. The Morgan fingerprint density at radius 2 is 1.91 bits per heavy atom. The van der Waals surface area contributed by atoms with E-state index in [1.165, 1.54) is 41.0 Å². The Morgan fingerprint density at radius 3 is 2.73 bits per heavy atom. The molecule has 5 atom stereocenters. The van der Waals surface area contributed by atoms with E-state index in [4.69, 9.17) is 11.6 Å². The van der Waals surface area contributed by atoms with Gasteiger partial charge in [-0.1, -0.05) is 35.1 Å². The average Bonchev–Trinajstić information content (AvgIpc) is 3.19.